The standard InChI is InChI=1S/C13H21N3O/c1-11-3-5-12(6-4-11)13(17)16-10-9-15-8-2-7-14/h3-6,15H,2,7-10,14H2,1H3,(H,16,17). The summed E-state index contributed by atoms with van der Waals surface area (Å²) >= 11 is 0. The van der Waals surface area contributed by atoms with Gasteiger partial charge in [-0.3, -0.25) is 4.79 Å². The predicted molar refractivity (Wildman–Crippen MR) is 70.1 cm³/mol. The highest BCUT2D eigenvalue weighted by atomic mass is 16.1. The summed E-state index contributed by atoms with van der Waals surface area (Å²) in [6.07, 6.45) is 0.964. The summed E-state index contributed by atoms with van der Waals surface area (Å²) in [4.78, 5) is 11.7. The number of nitrogens with one attached hydrogen (secondary N) is 2. The molecule has 0 spiro atoms. The smallest absolute Gasteiger partial charge is 0.251 e. The van der Waals surface area contributed by atoms with Crippen LogP contribution < -0.4 is 16.4 Å². The van der Waals surface area contributed by atoms with Crippen LogP contribution in [0.1, 0.15) is 22.3 Å². The van der Waals surface area contributed by atoms with Crippen LogP contribution >= 0.6 is 0 Å². The number of aryl methyl sites for hydroxylation is 1. The van der Waals surface area contributed by atoms with E-state index < -0.39 is 0 Å². The lowest BCUT2D eigenvalue weighted by molar-refractivity contribution is 0.0954. The molecule has 0 aliphatic heterocycles. The third-order valence-corrected chi connectivity index (χ3v) is 2.46. The van der Waals surface area contributed by atoms with Crippen LogP contribution in [0.4, 0.5) is 0 Å². The number of nitrogens with two attached hydrogens (primary N) is 1. The van der Waals surface area contributed by atoms with Crippen molar-refractivity contribution < 1.29 is 4.79 Å². The number of hydrogen-bond donors (Lipinski definition) is 3. The highest BCUT2D eigenvalue weighted by Crippen LogP contribution is 2.02. The quantitative estimate of drug-likeness (QED) is 0.608. The van der Waals surface area contributed by atoms with Crippen LogP contribution in [0.25, 0.3) is 0 Å². The molecule has 94 valence electrons. The Balaban J connectivity index is 2.19. The minimum atomic E-state index is -0.0226. The molecule has 0 heterocycles. The summed E-state index contributed by atoms with van der Waals surface area (Å²) in [6, 6.07) is 7.56. The molecule has 0 fully saturated rings. The number of amides is 1. The normalized spacial score (nSPS) is 10.2. The number of rotatable bonds is 7. The first-order valence-electron chi connectivity index (χ1n) is 5.99. The van der Waals surface area contributed by atoms with Crippen LogP contribution in [0, 0.1) is 6.92 Å². The zero-order valence-electron chi connectivity index (χ0n) is 10.3. The van der Waals surface area contributed by atoms with Gasteiger partial charge in [0.05, 0.1) is 0 Å². The fourth-order valence-electron chi connectivity index (χ4n) is 1.42. The van der Waals surface area contributed by atoms with Crippen LogP contribution in [-0.2, 0) is 0 Å². The molecular weight excluding hydrogens is 214 g/mol. The molecule has 0 saturated carbocycles. The van der Waals surface area contributed by atoms with E-state index in [1.807, 2.05) is 31.2 Å². The molecule has 0 bridgehead atoms. The Labute approximate surface area is 103 Å². The Morgan fingerprint density at radius 1 is 1.18 bits per heavy atom. The lowest BCUT2D eigenvalue weighted by Crippen LogP contribution is -2.32. The first kappa shape index (κ1) is 13.7. The zero-order valence-corrected chi connectivity index (χ0v) is 10.3. The fourth-order valence-corrected chi connectivity index (χ4v) is 1.42. The second kappa shape index (κ2) is 7.81. The molecule has 4 heteroatoms. The Hall–Kier alpha value is -1.39. The molecule has 0 atom stereocenters. The van der Waals surface area contributed by atoms with Gasteiger partial charge in [0, 0.05) is 18.7 Å². The molecule has 0 aliphatic carbocycles. The van der Waals surface area contributed by atoms with Gasteiger partial charge in [0.2, 0.25) is 0 Å². The lowest BCUT2D eigenvalue weighted by Gasteiger charge is -2.06. The summed E-state index contributed by atoms with van der Waals surface area (Å²) in [5.41, 5.74) is 7.23. The van der Waals surface area contributed by atoms with E-state index in [-0.39, 0.29) is 5.91 Å². The Kier molecular flexibility index (Phi) is 6.29. The zero-order chi connectivity index (χ0) is 12.5. The van der Waals surface area contributed by atoms with Crippen LogP contribution in [0.3, 0.4) is 0 Å². The molecule has 0 unspecified atom stereocenters. The van der Waals surface area contributed by atoms with Gasteiger partial charge in [0.25, 0.3) is 5.91 Å². The van der Waals surface area contributed by atoms with Crippen LogP contribution in [0.15, 0.2) is 24.3 Å². The number of hydrogen-bond acceptors (Lipinski definition) is 3. The summed E-state index contributed by atoms with van der Waals surface area (Å²) in [5.74, 6) is -0.0226. The third kappa shape index (κ3) is 5.47. The number of benzene rings is 1. The molecule has 1 rings (SSSR count). The van der Waals surface area contributed by atoms with E-state index >= 15 is 0 Å². The van der Waals surface area contributed by atoms with Crippen molar-refractivity contribution in [3.63, 3.8) is 0 Å². The minimum absolute atomic E-state index is 0.0226. The summed E-state index contributed by atoms with van der Waals surface area (Å²) in [6.45, 7) is 5.01. The number of carbonyl (C=O) groups is 1. The number of carbonyl (C=O) groups excluding carboxylic acids is 1. The highest BCUT2D eigenvalue weighted by Gasteiger charge is 2.02. The molecule has 0 saturated heterocycles. The SMILES string of the molecule is Cc1ccc(C(=O)NCCNCCCN)cc1. The average Bonchev–Trinajstić information content (AvgIpc) is 2.34. The maximum Gasteiger partial charge on any atom is 0.251 e. The van der Waals surface area contributed by atoms with E-state index in [4.69, 9.17) is 5.73 Å². The molecule has 0 aliphatic rings. The van der Waals surface area contributed by atoms with Crippen LogP contribution in [0.2, 0.25) is 0 Å². The van der Waals surface area contributed by atoms with Crippen molar-refractivity contribution in [1.82, 2.24) is 10.6 Å². The minimum Gasteiger partial charge on any atom is -0.351 e. The van der Waals surface area contributed by atoms with E-state index in [1.165, 1.54) is 0 Å². The molecule has 1 amide bonds. The average molecular weight is 235 g/mol. The van der Waals surface area contributed by atoms with Crippen molar-refractivity contribution in [3.05, 3.63) is 35.4 Å². The summed E-state index contributed by atoms with van der Waals surface area (Å²) in [5, 5.41) is 6.07. The van der Waals surface area contributed by atoms with E-state index in [9.17, 15) is 4.79 Å². The topological polar surface area (TPSA) is 67.2 Å². The van der Waals surface area contributed by atoms with Crippen molar-refractivity contribution in [2.45, 2.75) is 13.3 Å². The second-order valence-electron chi connectivity index (χ2n) is 4.01. The van der Waals surface area contributed by atoms with Crippen LogP contribution in [0.5, 0.6) is 0 Å². The van der Waals surface area contributed by atoms with E-state index in [2.05, 4.69) is 10.6 Å². The molecule has 1 aromatic carbocycles. The van der Waals surface area contributed by atoms with Gasteiger partial charge in [-0.15, -0.1) is 0 Å². The summed E-state index contributed by atoms with van der Waals surface area (Å²) in [7, 11) is 0. The Morgan fingerprint density at radius 3 is 2.53 bits per heavy atom. The van der Waals surface area contributed by atoms with Gasteiger partial charge in [0.1, 0.15) is 0 Å². The maximum atomic E-state index is 11.7. The molecule has 0 radical (unpaired) electrons. The lowest BCUT2D eigenvalue weighted by atomic mass is 10.1. The molecule has 17 heavy (non-hydrogen) atoms. The second-order valence-corrected chi connectivity index (χ2v) is 4.01. The third-order valence-electron chi connectivity index (χ3n) is 2.46. The van der Waals surface area contributed by atoms with E-state index in [0.29, 0.717) is 18.7 Å². The first-order chi connectivity index (χ1) is 8.24. The van der Waals surface area contributed by atoms with Gasteiger partial charge in [0.15, 0.2) is 0 Å². The Bertz CT molecular complexity index is 335. The molecule has 0 aromatic heterocycles. The summed E-state index contributed by atoms with van der Waals surface area (Å²) < 4.78 is 0. The van der Waals surface area contributed by atoms with E-state index in [1.54, 1.807) is 0 Å². The van der Waals surface area contributed by atoms with Gasteiger partial charge < -0.3 is 16.4 Å². The van der Waals surface area contributed by atoms with Gasteiger partial charge in [-0.25, -0.2) is 0 Å². The monoisotopic (exact) mass is 235 g/mol. The van der Waals surface area contributed by atoms with Crippen molar-refractivity contribution in [2.75, 3.05) is 26.2 Å². The molecular formula is C13H21N3O. The molecule has 4 nitrogen and oxygen atoms in total. The van der Waals surface area contributed by atoms with E-state index in [0.717, 1.165) is 25.1 Å². The molecule has 4 N–H and O–H groups in total. The fraction of sp³-hybridized carbons (Fsp3) is 0.462. The first-order valence-corrected chi connectivity index (χ1v) is 5.99. The van der Waals surface area contributed by atoms with Gasteiger partial charge in [-0.2, -0.15) is 0 Å². The predicted octanol–water partition coefficient (Wildman–Crippen LogP) is 0.663. The van der Waals surface area contributed by atoms with Gasteiger partial charge in [-0.1, -0.05) is 17.7 Å². The highest BCUT2D eigenvalue weighted by molar-refractivity contribution is 5.94. The van der Waals surface area contributed by atoms with Crippen molar-refractivity contribution in [2.24, 2.45) is 5.73 Å². The van der Waals surface area contributed by atoms with Crippen molar-refractivity contribution >= 4 is 5.91 Å². The van der Waals surface area contributed by atoms with Gasteiger partial charge in [-0.05, 0) is 38.6 Å². The van der Waals surface area contributed by atoms with Crippen LogP contribution in [-0.4, -0.2) is 32.1 Å². The van der Waals surface area contributed by atoms with Crippen molar-refractivity contribution in [3.8, 4) is 0 Å². The maximum absolute atomic E-state index is 11.7. The van der Waals surface area contributed by atoms with Crippen molar-refractivity contribution in [1.29, 1.82) is 0 Å². The molecule has 1 aromatic rings. The van der Waals surface area contributed by atoms with Gasteiger partial charge >= 0.3 is 0 Å². The Morgan fingerprint density at radius 2 is 1.88 bits per heavy atom. The largest absolute Gasteiger partial charge is 0.351 e.